The van der Waals surface area contributed by atoms with Crippen LogP contribution in [0, 0.1) is 0 Å². The number of piperazine rings is 1. The Hall–Kier alpha value is -2.08. The number of nitrogens with zero attached hydrogens (tertiary/aromatic N) is 4. The highest BCUT2D eigenvalue weighted by Crippen LogP contribution is 2.31. The molecule has 0 saturated carbocycles. The molecule has 0 radical (unpaired) electrons. The molecule has 0 unspecified atom stereocenters. The van der Waals surface area contributed by atoms with E-state index in [1.54, 1.807) is 35.7 Å². The molecule has 3 aromatic heterocycles. The normalized spacial score (nSPS) is 16.1. The van der Waals surface area contributed by atoms with Gasteiger partial charge < -0.3 is 4.90 Å². The molecule has 0 atom stereocenters. The highest BCUT2D eigenvalue weighted by molar-refractivity contribution is 7.91. The monoisotopic (exact) mass is 409 g/mol. The zero-order chi connectivity index (χ0) is 18.1. The second-order valence-corrected chi connectivity index (χ2v) is 9.75. The van der Waals surface area contributed by atoms with Gasteiger partial charge in [-0.15, -0.1) is 22.7 Å². The Morgan fingerprint density at radius 2 is 1.88 bits per heavy atom. The molecule has 3 aromatic rings. The average molecular weight is 410 g/mol. The average Bonchev–Trinajstić information content (AvgIpc) is 3.35. The van der Waals surface area contributed by atoms with Gasteiger partial charge in [0.15, 0.2) is 5.13 Å². The lowest BCUT2D eigenvalue weighted by Crippen LogP contribution is -2.48. The molecular formula is C15H15N5O3S3. The number of hydrogen-bond acceptors (Lipinski definition) is 8. The number of thiophene rings is 1. The molecule has 4 rings (SSSR count). The summed E-state index contributed by atoms with van der Waals surface area (Å²) in [7, 11) is -3.54. The van der Waals surface area contributed by atoms with Crippen molar-refractivity contribution in [1.29, 1.82) is 0 Å². The summed E-state index contributed by atoms with van der Waals surface area (Å²) >= 11 is 2.71. The van der Waals surface area contributed by atoms with Gasteiger partial charge in [0, 0.05) is 43.8 Å². The molecule has 1 aliphatic heterocycles. The fourth-order valence-corrected chi connectivity index (χ4v) is 6.25. The van der Waals surface area contributed by atoms with Gasteiger partial charge in [0.1, 0.15) is 9.90 Å². The number of aromatic nitrogens is 3. The molecule has 1 fully saturated rings. The minimum Gasteiger partial charge on any atom is -0.345 e. The summed E-state index contributed by atoms with van der Waals surface area (Å²) in [6.07, 6.45) is 1.75. The van der Waals surface area contributed by atoms with Crippen LogP contribution in [0.3, 0.4) is 0 Å². The number of rotatable bonds is 4. The predicted molar refractivity (Wildman–Crippen MR) is 101 cm³/mol. The van der Waals surface area contributed by atoms with Crippen molar-refractivity contribution < 1.29 is 8.42 Å². The number of nitrogens with one attached hydrogen (secondary N) is 1. The van der Waals surface area contributed by atoms with Crippen LogP contribution in [0.4, 0.5) is 5.13 Å². The SMILES string of the molecule is O=c1ccc(-c2ccc(S(=O)(=O)N3CCN(c4nccs4)CC3)s2)n[nH]1. The fraction of sp³-hybridized carbons (Fsp3) is 0.267. The fourth-order valence-electron chi connectivity index (χ4n) is 2.70. The molecule has 136 valence electrons. The van der Waals surface area contributed by atoms with Crippen LogP contribution in [0.25, 0.3) is 10.6 Å². The molecule has 4 heterocycles. The summed E-state index contributed by atoms with van der Waals surface area (Å²) in [6, 6.07) is 6.25. The number of hydrogen-bond donors (Lipinski definition) is 1. The Kier molecular flexibility index (Phi) is 4.61. The third-order valence-corrected chi connectivity index (χ3v) is 8.34. The highest BCUT2D eigenvalue weighted by Gasteiger charge is 2.30. The molecule has 0 aromatic carbocycles. The van der Waals surface area contributed by atoms with E-state index in [1.807, 2.05) is 5.38 Å². The van der Waals surface area contributed by atoms with Gasteiger partial charge in [-0.1, -0.05) is 0 Å². The maximum Gasteiger partial charge on any atom is 0.264 e. The summed E-state index contributed by atoms with van der Waals surface area (Å²) in [4.78, 5) is 18.2. The first-order valence-corrected chi connectivity index (χ1v) is 11.0. The van der Waals surface area contributed by atoms with Gasteiger partial charge in [-0.2, -0.15) is 9.40 Å². The molecule has 8 nitrogen and oxygen atoms in total. The van der Waals surface area contributed by atoms with E-state index in [0.29, 0.717) is 36.8 Å². The van der Waals surface area contributed by atoms with E-state index in [1.165, 1.54) is 10.4 Å². The lowest BCUT2D eigenvalue weighted by molar-refractivity contribution is 0.385. The summed E-state index contributed by atoms with van der Waals surface area (Å²) < 4.78 is 27.6. The van der Waals surface area contributed by atoms with Gasteiger partial charge in [0.25, 0.3) is 15.6 Å². The highest BCUT2D eigenvalue weighted by atomic mass is 32.2. The van der Waals surface area contributed by atoms with Gasteiger partial charge in [-0.3, -0.25) is 4.79 Å². The van der Waals surface area contributed by atoms with Crippen LogP contribution in [0.1, 0.15) is 0 Å². The van der Waals surface area contributed by atoms with Crippen molar-refractivity contribution in [2.45, 2.75) is 4.21 Å². The zero-order valence-electron chi connectivity index (χ0n) is 13.5. The molecule has 0 spiro atoms. The van der Waals surface area contributed by atoms with Crippen LogP contribution in [-0.4, -0.2) is 54.1 Å². The molecule has 11 heteroatoms. The lowest BCUT2D eigenvalue weighted by Gasteiger charge is -2.33. The molecule has 26 heavy (non-hydrogen) atoms. The first-order chi connectivity index (χ1) is 12.5. The number of anilines is 1. The summed E-state index contributed by atoms with van der Waals surface area (Å²) in [5.74, 6) is 0. The predicted octanol–water partition coefficient (Wildman–Crippen LogP) is 1.47. The van der Waals surface area contributed by atoms with Crippen LogP contribution in [0.2, 0.25) is 0 Å². The number of H-pyrrole nitrogens is 1. The van der Waals surface area contributed by atoms with Crippen molar-refractivity contribution in [1.82, 2.24) is 19.5 Å². The molecular weight excluding hydrogens is 394 g/mol. The molecule has 1 aliphatic rings. The maximum atomic E-state index is 12.9. The Morgan fingerprint density at radius 3 is 2.54 bits per heavy atom. The molecule has 0 aliphatic carbocycles. The second-order valence-electron chi connectivity index (χ2n) is 5.63. The van der Waals surface area contributed by atoms with Crippen molar-refractivity contribution in [3.05, 3.63) is 46.2 Å². The van der Waals surface area contributed by atoms with E-state index in [9.17, 15) is 13.2 Å². The van der Waals surface area contributed by atoms with Gasteiger partial charge in [-0.05, 0) is 18.2 Å². The first kappa shape index (κ1) is 17.3. The largest absolute Gasteiger partial charge is 0.345 e. The van der Waals surface area contributed by atoms with E-state index in [4.69, 9.17) is 0 Å². The third-order valence-electron chi connectivity index (χ3n) is 4.04. The van der Waals surface area contributed by atoms with Crippen molar-refractivity contribution >= 4 is 37.8 Å². The van der Waals surface area contributed by atoms with Crippen LogP contribution >= 0.6 is 22.7 Å². The van der Waals surface area contributed by atoms with E-state index < -0.39 is 10.0 Å². The van der Waals surface area contributed by atoms with Crippen molar-refractivity contribution in [2.75, 3.05) is 31.1 Å². The minimum atomic E-state index is -3.54. The quantitative estimate of drug-likeness (QED) is 0.700. The molecule has 1 saturated heterocycles. The third kappa shape index (κ3) is 3.30. The van der Waals surface area contributed by atoms with Crippen LogP contribution < -0.4 is 10.5 Å². The minimum absolute atomic E-state index is 0.281. The topological polar surface area (TPSA) is 99.3 Å². The lowest BCUT2D eigenvalue weighted by atomic mass is 10.3. The van der Waals surface area contributed by atoms with Crippen LogP contribution in [-0.2, 0) is 10.0 Å². The Labute approximate surface area is 157 Å². The van der Waals surface area contributed by atoms with Crippen molar-refractivity contribution in [3.63, 3.8) is 0 Å². The summed E-state index contributed by atoms with van der Waals surface area (Å²) in [5.41, 5.74) is 0.251. The maximum absolute atomic E-state index is 12.9. The van der Waals surface area contributed by atoms with Crippen LogP contribution in [0.5, 0.6) is 0 Å². The number of sulfonamides is 1. The number of aromatic amines is 1. The summed E-state index contributed by atoms with van der Waals surface area (Å²) in [5, 5.41) is 9.14. The molecule has 0 amide bonds. The first-order valence-electron chi connectivity index (χ1n) is 7.84. The van der Waals surface area contributed by atoms with E-state index in [0.717, 1.165) is 16.5 Å². The van der Waals surface area contributed by atoms with Gasteiger partial charge >= 0.3 is 0 Å². The Morgan fingerprint density at radius 1 is 1.08 bits per heavy atom. The van der Waals surface area contributed by atoms with Crippen molar-refractivity contribution in [3.8, 4) is 10.6 Å². The smallest absolute Gasteiger partial charge is 0.264 e. The second kappa shape index (κ2) is 6.91. The number of thiazole rings is 1. The summed E-state index contributed by atoms with van der Waals surface area (Å²) in [6.45, 7) is 2.08. The van der Waals surface area contributed by atoms with Crippen LogP contribution in [0.15, 0.2) is 44.8 Å². The van der Waals surface area contributed by atoms with Gasteiger partial charge in [-0.25, -0.2) is 18.5 Å². The zero-order valence-corrected chi connectivity index (χ0v) is 16.0. The Bertz CT molecular complexity index is 1030. The van der Waals surface area contributed by atoms with Gasteiger partial charge in [0.05, 0.1) is 4.88 Å². The van der Waals surface area contributed by atoms with Crippen molar-refractivity contribution in [2.24, 2.45) is 0 Å². The molecule has 0 bridgehead atoms. The molecule has 1 N–H and O–H groups in total. The van der Waals surface area contributed by atoms with E-state index in [2.05, 4.69) is 20.1 Å². The Balaban J connectivity index is 1.51. The van der Waals surface area contributed by atoms with Gasteiger partial charge in [0.2, 0.25) is 0 Å². The van der Waals surface area contributed by atoms with E-state index in [-0.39, 0.29) is 9.77 Å². The standard InChI is InChI=1S/C15H15N5O3S3/c21-13-3-1-11(17-18-13)12-2-4-14(25-12)26(22,23)20-8-6-19(7-9-20)15-16-5-10-24-15/h1-5,10H,6-9H2,(H,18,21). The van der Waals surface area contributed by atoms with E-state index >= 15 is 0 Å².